The Morgan fingerprint density at radius 3 is 2.45 bits per heavy atom. The number of aryl methyl sites for hydroxylation is 1. The van der Waals surface area contributed by atoms with Crippen LogP contribution in [-0.4, -0.2) is 24.8 Å². The minimum atomic E-state index is -4.21. The topological polar surface area (TPSA) is 97.4 Å². The number of hydrogen-bond acceptors (Lipinski definition) is 5. The molecule has 0 saturated heterocycles. The molecule has 0 radical (unpaired) electrons. The monoisotopic (exact) mass is 571 g/mol. The van der Waals surface area contributed by atoms with E-state index in [4.69, 9.17) is 27.9 Å². The van der Waals surface area contributed by atoms with Gasteiger partial charge in [-0.1, -0.05) is 71.7 Å². The van der Waals surface area contributed by atoms with Crippen LogP contribution in [0.2, 0.25) is 10.0 Å². The maximum absolute atomic E-state index is 13.3. The second-order valence-electron chi connectivity index (χ2n) is 9.31. The summed E-state index contributed by atoms with van der Waals surface area (Å²) < 4.78 is 35.1. The smallest absolute Gasteiger partial charge is 0.243 e. The number of nitrogens with zero attached hydrogens (tertiary/aromatic N) is 1. The van der Waals surface area contributed by atoms with Gasteiger partial charge in [-0.2, -0.15) is 4.72 Å². The predicted octanol–water partition coefficient (Wildman–Crippen LogP) is 5.80. The third kappa shape index (κ3) is 6.27. The SMILES string of the molecule is Cc1ccc2cccc(OCc3c(Cl)ccc(S(=O)(=O)NC(C)(C)C(=O)NCc4ccccc4)c3Cl)c2n1. The molecule has 0 saturated carbocycles. The zero-order valence-electron chi connectivity index (χ0n) is 21.1. The van der Waals surface area contributed by atoms with Gasteiger partial charge in [-0.25, -0.2) is 13.4 Å². The fourth-order valence-electron chi connectivity index (χ4n) is 3.84. The van der Waals surface area contributed by atoms with E-state index in [1.807, 2.05) is 61.5 Å². The van der Waals surface area contributed by atoms with Crippen molar-refractivity contribution in [1.82, 2.24) is 15.0 Å². The molecule has 0 bridgehead atoms. The first-order valence-electron chi connectivity index (χ1n) is 11.8. The molecule has 38 heavy (non-hydrogen) atoms. The van der Waals surface area contributed by atoms with E-state index in [0.717, 1.165) is 16.6 Å². The second kappa shape index (κ2) is 11.3. The lowest BCUT2D eigenvalue weighted by Crippen LogP contribution is -2.54. The first-order valence-corrected chi connectivity index (χ1v) is 14.0. The molecule has 10 heteroatoms. The number of para-hydroxylation sites is 1. The highest BCUT2D eigenvalue weighted by molar-refractivity contribution is 7.89. The van der Waals surface area contributed by atoms with Gasteiger partial charge in [0, 0.05) is 28.2 Å². The van der Waals surface area contributed by atoms with Crippen LogP contribution in [0.15, 0.2) is 77.7 Å². The van der Waals surface area contributed by atoms with E-state index in [2.05, 4.69) is 15.0 Å². The summed E-state index contributed by atoms with van der Waals surface area (Å²) in [5.41, 5.74) is 1.24. The quantitative estimate of drug-likeness (QED) is 0.264. The van der Waals surface area contributed by atoms with Gasteiger partial charge in [0.15, 0.2) is 0 Å². The number of hydrogen-bond donors (Lipinski definition) is 2. The lowest BCUT2D eigenvalue weighted by atomic mass is 10.1. The first kappa shape index (κ1) is 27.9. The number of ether oxygens (including phenoxy) is 1. The molecule has 0 fully saturated rings. The Morgan fingerprint density at radius 1 is 0.974 bits per heavy atom. The molecular formula is C28H27Cl2N3O4S. The molecule has 0 atom stereocenters. The lowest BCUT2D eigenvalue weighted by Gasteiger charge is -2.25. The molecule has 3 aromatic carbocycles. The summed E-state index contributed by atoms with van der Waals surface area (Å²) in [4.78, 5) is 17.2. The molecule has 1 aromatic heterocycles. The molecule has 0 aliphatic rings. The number of carbonyl (C=O) groups is 1. The summed E-state index contributed by atoms with van der Waals surface area (Å²) in [6, 6.07) is 21.5. The summed E-state index contributed by atoms with van der Waals surface area (Å²) in [6.07, 6.45) is 0. The van der Waals surface area contributed by atoms with Crippen molar-refractivity contribution in [2.45, 2.75) is 44.4 Å². The fourth-order valence-corrected chi connectivity index (χ4v) is 6.10. The first-order chi connectivity index (χ1) is 18.0. The van der Waals surface area contributed by atoms with E-state index in [1.165, 1.54) is 26.0 Å². The number of pyridine rings is 1. The van der Waals surface area contributed by atoms with Crippen molar-refractivity contribution in [2.24, 2.45) is 0 Å². The van der Waals surface area contributed by atoms with Gasteiger partial charge in [-0.05, 0) is 50.6 Å². The average molecular weight is 573 g/mol. The van der Waals surface area contributed by atoms with E-state index in [9.17, 15) is 13.2 Å². The van der Waals surface area contributed by atoms with Gasteiger partial charge in [0.2, 0.25) is 15.9 Å². The Hall–Kier alpha value is -3.17. The van der Waals surface area contributed by atoms with Crippen LogP contribution < -0.4 is 14.8 Å². The predicted molar refractivity (Wildman–Crippen MR) is 150 cm³/mol. The highest BCUT2D eigenvalue weighted by Gasteiger charge is 2.34. The van der Waals surface area contributed by atoms with Gasteiger partial charge in [0.25, 0.3) is 0 Å². The summed E-state index contributed by atoms with van der Waals surface area (Å²) in [5, 5.41) is 3.82. The van der Waals surface area contributed by atoms with Gasteiger partial charge in [0.05, 0.1) is 5.02 Å². The van der Waals surface area contributed by atoms with Crippen molar-refractivity contribution in [2.75, 3.05) is 0 Å². The Bertz CT molecular complexity index is 1590. The molecule has 4 rings (SSSR count). The van der Waals surface area contributed by atoms with Crippen LogP contribution in [0.5, 0.6) is 5.75 Å². The Morgan fingerprint density at radius 2 is 1.71 bits per heavy atom. The molecular weight excluding hydrogens is 545 g/mol. The van der Waals surface area contributed by atoms with Crippen molar-refractivity contribution in [1.29, 1.82) is 0 Å². The minimum Gasteiger partial charge on any atom is -0.487 e. The third-order valence-electron chi connectivity index (χ3n) is 5.89. The number of nitrogens with one attached hydrogen (secondary N) is 2. The number of fused-ring (bicyclic) bond motifs is 1. The van der Waals surface area contributed by atoms with Gasteiger partial charge in [-0.3, -0.25) is 4.79 Å². The Labute approximate surface area is 232 Å². The van der Waals surface area contributed by atoms with E-state index in [1.54, 1.807) is 6.07 Å². The molecule has 2 N–H and O–H groups in total. The fraction of sp³-hybridized carbons (Fsp3) is 0.214. The van der Waals surface area contributed by atoms with Crippen LogP contribution in [0.25, 0.3) is 10.9 Å². The molecule has 1 amide bonds. The average Bonchev–Trinajstić information content (AvgIpc) is 2.87. The number of rotatable bonds is 9. The highest BCUT2D eigenvalue weighted by atomic mass is 35.5. The molecule has 0 aliphatic heterocycles. The number of halogens is 2. The maximum Gasteiger partial charge on any atom is 0.243 e. The van der Waals surface area contributed by atoms with Crippen LogP contribution >= 0.6 is 23.2 Å². The maximum atomic E-state index is 13.3. The van der Waals surface area contributed by atoms with E-state index < -0.39 is 21.5 Å². The summed E-state index contributed by atoms with van der Waals surface area (Å²) >= 11 is 12.9. The zero-order valence-corrected chi connectivity index (χ0v) is 23.4. The largest absolute Gasteiger partial charge is 0.487 e. The number of aromatic nitrogens is 1. The van der Waals surface area contributed by atoms with E-state index >= 15 is 0 Å². The molecule has 0 unspecified atom stereocenters. The number of benzene rings is 3. The Kier molecular flexibility index (Phi) is 8.28. The van der Waals surface area contributed by atoms with Crippen LogP contribution in [-0.2, 0) is 28.0 Å². The van der Waals surface area contributed by atoms with Crippen LogP contribution in [0.1, 0.15) is 30.7 Å². The van der Waals surface area contributed by atoms with Gasteiger partial charge in [-0.15, -0.1) is 0 Å². The summed E-state index contributed by atoms with van der Waals surface area (Å²) in [7, 11) is -4.21. The molecule has 0 aliphatic carbocycles. The zero-order chi connectivity index (χ0) is 27.5. The number of sulfonamides is 1. The van der Waals surface area contributed by atoms with Crippen molar-refractivity contribution in [3.63, 3.8) is 0 Å². The molecule has 0 spiro atoms. The molecule has 7 nitrogen and oxygen atoms in total. The minimum absolute atomic E-state index is 0.0866. The molecule has 1 heterocycles. The highest BCUT2D eigenvalue weighted by Crippen LogP contribution is 2.33. The Balaban J connectivity index is 1.54. The summed E-state index contributed by atoms with van der Waals surface area (Å²) in [5.74, 6) is 0.0262. The number of amides is 1. The standard InChI is InChI=1S/C28H27Cl2N3O4S/c1-18-12-13-20-10-7-11-23(26(20)32-18)37-17-21-22(29)14-15-24(25(21)30)38(35,36)33-28(2,3)27(34)31-16-19-8-5-4-6-9-19/h4-15,33H,16-17H2,1-3H3,(H,31,34). The number of carbonyl (C=O) groups excluding carboxylic acids is 1. The van der Waals surface area contributed by atoms with Gasteiger partial charge >= 0.3 is 0 Å². The van der Waals surface area contributed by atoms with Crippen molar-refractivity contribution in [3.8, 4) is 5.75 Å². The summed E-state index contributed by atoms with van der Waals surface area (Å²) in [6.45, 7) is 5.02. The van der Waals surface area contributed by atoms with Crippen LogP contribution in [0.3, 0.4) is 0 Å². The van der Waals surface area contributed by atoms with Gasteiger partial charge in [0.1, 0.15) is 28.3 Å². The van der Waals surface area contributed by atoms with Crippen molar-refractivity contribution in [3.05, 3.63) is 99.7 Å². The second-order valence-corrected chi connectivity index (χ2v) is 11.7. The molecule has 198 valence electrons. The van der Waals surface area contributed by atoms with Crippen LogP contribution in [0.4, 0.5) is 0 Å². The molecule has 4 aromatic rings. The third-order valence-corrected chi connectivity index (χ3v) is 8.48. The van der Waals surface area contributed by atoms with Crippen molar-refractivity contribution < 1.29 is 17.9 Å². The van der Waals surface area contributed by atoms with Crippen molar-refractivity contribution >= 4 is 50.0 Å². The van der Waals surface area contributed by atoms with Crippen LogP contribution in [0, 0.1) is 6.92 Å². The lowest BCUT2D eigenvalue weighted by molar-refractivity contribution is -0.125. The van der Waals surface area contributed by atoms with E-state index in [0.29, 0.717) is 16.8 Å². The normalized spacial score (nSPS) is 11.9. The van der Waals surface area contributed by atoms with E-state index in [-0.39, 0.29) is 28.1 Å². The van der Waals surface area contributed by atoms with Gasteiger partial charge < -0.3 is 10.1 Å².